The fourth-order valence-corrected chi connectivity index (χ4v) is 2.18. The van der Waals surface area contributed by atoms with Gasteiger partial charge in [0.2, 0.25) is 5.95 Å². The Balaban J connectivity index is 2.95. The van der Waals surface area contributed by atoms with Gasteiger partial charge in [0.25, 0.3) is 0 Å². The van der Waals surface area contributed by atoms with E-state index in [4.69, 9.17) is 0 Å². The normalized spacial score (nSPS) is 11.2. The second-order valence-corrected chi connectivity index (χ2v) is 5.33. The van der Waals surface area contributed by atoms with E-state index in [1.54, 1.807) is 18.1 Å². The van der Waals surface area contributed by atoms with Gasteiger partial charge in [-0.25, -0.2) is 9.97 Å². The van der Waals surface area contributed by atoms with Gasteiger partial charge in [-0.3, -0.25) is 0 Å². The van der Waals surface area contributed by atoms with Crippen molar-refractivity contribution in [2.75, 3.05) is 10.7 Å². The van der Waals surface area contributed by atoms with E-state index in [1.807, 2.05) is 0 Å². The van der Waals surface area contributed by atoms with Crippen LogP contribution in [-0.4, -0.2) is 32.8 Å². The Morgan fingerprint density at radius 3 is 2.31 bits per heavy atom. The van der Waals surface area contributed by atoms with Crippen LogP contribution in [0.3, 0.4) is 0 Å². The zero-order valence-electron chi connectivity index (χ0n) is 10.6. The second-order valence-electron chi connectivity index (χ2n) is 4.10. The lowest BCUT2D eigenvalue weighted by Crippen LogP contribution is -2.38. The summed E-state index contributed by atoms with van der Waals surface area (Å²) in [6.45, 7) is 10.7. The molecule has 0 aliphatic rings. The van der Waals surface area contributed by atoms with Crippen molar-refractivity contribution in [3.05, 3.63) is 6.33 Å². The first kappa shape index (κ1) is 13.2. The molecule has 1 aromatic heterocycles. The molecular formula is C11H20N4S. The standard InChI is InChI=1S/C11H20N4S/c1-6-16-11-13-7-12-10(14-11)15(8(2)3)9(4)5/h7-9H,6H2,1-5H3. The van der Waals surface area contributed by atoms with Crippen molar-refractivity contribution in [3.63, 3.8) is 0 Å². The van der Waals surface area contributed by atoms with Crippen molar-refractivity contribution in [1.29, 1.82) is 0 Å². The third-order valence-electron chi connectivity index (χ3n) is 2.15. The first-order valence-corrected chi connectivity index (χ1v) is 6.65. The fraction of sp³-hybridized carbons (Fsp3) is 0.727. The third kappa shape index (κ3) is 3.33. The zero-order valence-corrected chi connectivity index (χ0v) is 11.5. The van der Waals surface area contributed by atoms with Crippen LogP contribution in [0, 0.1) is 0 Å². The fourth-order valence-electron chi connectivity index (χ4n) is 1.65. The maximum atomic E-state index is 4.47. The lowest BCUT2D eigenvalue weighted by Gasteiger charge is -2.30. The molecule has 0 atom stereocenters. The van der Waals surface area contributed by atoms with Crippen LogP contribution in [-0.2, 0) is 0 Å². The quantitative estimate of drug-likeness (QED) is 0.740. The number of aromatic nitrogens is 3. The molecule has 0 aromatic carbocycles. The summed E-state index contributed by atoms with van der Waals surface area (Å²) >= 11 is 1.64. The summed E-state index contributed by atoms with van der Waals surface area (Å²) in [5, 5.41) is 0.804. The molecule has 0 saturated heterocycles. The number of hydrogen-bond donors (Lipinski definition) is 0. The van der Waals surface area contributed by atoms with E-state index in [2.05, 4.69) is 54.5 Å². The highest BCUT2D eigenvalue weighted by atomic mass is 32.2. The minimum atomic E-state index is 0.391. The molecule has 0 aliphatic heterocycles. The van der Waals surface area contributed by atoms with E-state index < -0.39 is 0 Å². The molecule has 0 fully saturated rings. The van der Waals surface area contributed by atoms with E-state index in [0.29, 0.717) is 12.1 Å². The molecule has 0 aliphatic carbocycles. The summed E-state index contributed by atoms with van der Waals surface area (Å²) in [4.78, 5) is 15.1. The summed E-state index contributed by atoms with van der Waals surface area (Å²) in [5.74, 6) is 1.75. The van der Waals surface area contributed by atoms with Crippen molar-refractivity contribution in [1.82, 2.24) is 15.0 Å². The average Bonchev–Trinajstić information content (AvgIpc) is 2.17. The van der Waals surface area contributed by atoms with Crippen molar-refractivity contribution in [2.45, 2.75) is 51.9 Å². The Labute approximate surface area is 102 Å². The molecule has 0 radical (unpaired) electrons. The minimum Gasteiger partial charge on any atom is -0.336 e. The van der Waals surface area contributed by atoms with E-state index >= 15 is 0 Å². The van der Waals surface area contributed by atoms with Gasteiger partial charge in [-0.15, -0.1) is 0 Å². The Morgan fingerprint density at radius 1 is 1.19 bits per heavy atom. The van der Waals surface area contributed by atoms with Gasteiger partial charge in [-0.2, -0.15) is 4.98 Å². The molecule has 0 N–H and O–H groups in total. The van der Waals surface area contributed by atoms with Crippen LogP contribution in [0.15, 0.2) is 11.5 Å². The molecule has 5 heteroatoms. The summed E-state index contributed by atoms with van der Waals surface area (Å²) in [6, 6.07) is 0.781. The maximum Gasteiger partial charge on any atom is 0.229 e. The van der Waals surface area contributed by atoms with Gasteiger partial charge in [0, 0.05) is 12.1 Å². The van der Waals surface area contributed by atoms with E-state index in [-0.39, 0.29) is 0 Å². The Morgan fingerprint density at radius 2 is 1.81 bits per heavy atom. The van der Waals surface area contributed by atoms with Crippen molar-refractivity contribution >= 4 is 17.7 Å². The van der Waals surface area contributed by atoms with Gasteiger partial charge in [0.05, 0.1) is 0 Å². The Hall–Kier alpha value is -0.840. The first-order valence-electron chi connectivity index (χ1n) is 5.66. The highest BCUT2D eigenvalue weighted by Gasteiger charge is 2.17. The largest absolute Gasteiger partial charge is 0.336 e. The smallest absolute Gasteiger partial charge is 0.229 e. The number of anilines is 1. The summed E-state index contributed by atoms with van der Waals surface area (Å²) in [7, 11) is 0. The van der Waals surface area contributed by atoms with E-state index in [9.17, 15) is 0 Å². The first-order chi connectivity index (χ1) is 7.56. The van der Waals surface area contributed by atoms with Crippen LogP contribution < -0.4 is 4.90 Å². The third-order valence-corrected chi connectivity index (χ3v) is 2.90. The van der Waals surface area contributed by atoms with Gasteiger partial charge in [0.15, 0.2) is 5.16 Å². The molecule has 0 bridgehead atoms. The zero-order chi connectivity index (χ0) is 12.1. The predicted molar refractivity (Wildman–Crippen MR) is 69.0 cm³/mol. The van der Waals surface area contributed by atoms with Gasteiger partial charge in [-0.1, -0.05) is 18.7 Å². The monoisotopic (exact) mass is 240 g/mol. The summed E-state index contributed by atoms with van der Waals surface area (Å²) in [5.41, 5.74) is 0. The lowest BCUT2D eigenvalue weighted by atomic mass is 10.2. The average molecular weight is 240 g/mol. The maximum absolute atomic E-state index is 4.47. The molecule has 0 spiro atoms. The van der Waals surface area contributed by atoms with Crippen molar-refractivity contribution < 1.29 is 0 Å². The van der Waals surface area contributed by atoms with Crippen LogP contribution in [0.2, 0.25) is 0 Å². The predicted octanol–water partition coefficient (Wildman–Crippen LogP) is 2.61. The summed E-state index contributed by atoms with van der Waals surface area (Å²) in [6.07, 6.45) is 1.60. The highest BCUT2D eigenvalue weighted by Crippen LogP contribution is 2.18. The molecule has 0 amide bonds. The van der Waals surface area contributed by atoms with Crippen molar-refractivity contribution in [2.24, 2.45) is 0 Å². The van der Waals surface area contributed by atoms with Crippen molar-refractivity contribution in [3.8, 4) is 0 Å². The number of hydrogen-bond acceptors (Lipinski definition) is 5. The molecule has 1 rings (SSSR count). The van der Waals surface area contributed by atoms with Gasteiger partial charge < -0.3 is 4.90 Å². The molecule has 0 saturated carbocycles. The summed E-state index contributed by atoms with van der Waals surface area (Å²) < 4.78 is 0. The van der Waals surface area contributed by atoms with E-state index in [0.717, 1.165) is 16.9 Å². The van der Waals surface area contributed by atoms with Crippen LogP contribution in [0.5, 0.6) is 0 Å². The Kier molecular flexibility index (Phi) is 4.99. The molecule has 1 aromatic rings. The molecule has 0 unspecified atom stereocenters. The molecule has 1 heterocycles. The SMILES string of the molecule is CCSc1ncnc(N(C(C)C)C(C)C)n1. The van der Waals surface area contributed by atoms with Crippen LogP contribution in [0.1, 0.15) is 34.6 Å². The van der Waals surface area contributed by atoms with Gasteiger partial charge >= 0.3 is 0 Å². The number of rotatable bonds is 5. The Bertz CT molecular complexity index is 320. The van der Waals surface area contributed by atoms with Gasteiger partial charge in [0.1, 0.15) is 6.33 Å². The minimum absolute atomic E-state index is 0.391. The highest BCUT2D eigenvalue weighted by molar-refractivity contribution is 7.99. The van der Waals surface area contributed by atoms with E-state index in [1.165, 1.54) is 0 Å². The molecule has 90 valence electrons. The van der Waals surface area contributed by atoms with Crippen LogP contribution >= 0.6 is 11.8 Å². The number of thioether (sulfide) groups is 1. The van der Waals surface area contributed by atoms with Crippen LogP contribution in [0.4, 0.5) is 5.95 Å². The van der Waals surface area contributed by atoms with Crippen LogP contribution in [0.25, 0.3) is 0 Å². The second kappa shape index (κ2) is 6.03. The lowest BCUT2D eigenvalue weighted by molar-refractivity contribution is 0.584. The molecule has 16 heavy (non-hydrogen) atoms. The molecule has 4 nitrogen and oxygen atoms in total. The topological polar surface area (TPSA) is 41.9 Å². The molecular weight excluding hydrogens is 220 g/mol. The van der Waals surface area contributed by atoms with Gasteiger partial charge in [-0.05, 0) is 33.4 Å². The number of nitrogens with zero attached hydrogens (tertiary/aromatic N) is 4.